The number of pyridine rings is 1. The molecule has 27 heavy (non-hydrogen) atoms. The average molecular weight is 370 g/mol. The minimum Gasteiger partial charge on any atom is -0.353 e. The molecule has 1 saturated carbocycles. The van der Waals surface area contributed by atoms with E-state index in [1.54, 1.807) is 6.20 Å². The number of hydrogen-bond donors (Lipinski definition) is 0. The summed E-state index contributed by atoms with van der Waals surface area (Å²) < 4.78 is 5.32. The molecule has 2 aromatic rings. The molecule has 0 N–H and O–H groups in total. The van der Waals surface area contributed by atoms with E-state index < -0.39 is 0 Å². The van der Waals surface area contributed by atoms with E-state index in [-0.39, 0.29) is 6.03 Å². The molecule has 0 aromatic carbocycles. The fraction of sp³-hybridized carbons (Fsp3) is 0.579. The summed E-state index contributed by atoms with van der Waals surface area (Å²) in [5, 5.41) is 4.06. The van der Waals surface area contributed by atoms with E-state index in [9.17, 15) is 4.79 Å². The van der Waals surface area contributed by atoms with Crippen LogP contribution < -0.4 is 4.90 Å². The Labute approximate surface area is 159 Å². The Kier molecular flexibility index (Phi) is 4.96. The van der Waals surface area contributed by atoms with E-state index in [1.807, 2.05) is 35.8 Å². The third-order valence-corrected chi connectivity index (χ3v) is 5.28. The summed E-state index contributed by atoms with van der Waals surface area (Å²) in [6.07, 6.45) is 4.08. The maximum absolute atomic E-state index is 12.5. The number of carbonyl (C=O) groups excluding carboxylic acids is 1. The Morgan fingerprint density at radius 1 is 1.19 bits per heavy atom. The highest BCUT2D eigenvalue weighted by Gasteiger charge is 2.30. The largest absolute Gasteiger partial charge is 0.353 e. The van der Waals surface area contributed by atoms with Gasteiger partial charge < -0.3 is 19.2 Å². The summed E-state index contributed by atoms with van der Waals surface area (Å²) in [6.45, 7) is 8.53. The van der Waals surface area contributed by atoms with Crippen LogP contribution in [-0.2, 0) is 0 Å². The summed E-state index contributed by atoms with van der Waals surface area (Å²) in [5.74, 6) is 2.71. The summed E-state index contributed by atoms with van der Waals surface area (Å²) >= 11 is 0. The number of rotatable bonds is 5. The van der Waals surface area contributed by atoms with Crippen LogP contribution in [0.3, 0.4) is 0 Å². The van der Waals surface area contributed by atoms with Gasteiger partial charge in [-0.15, -0.1) is 0 Å². The van der Waals surface area contributed by atoms with Crippen molar-refractivity contribution in [3.63, 3.8) is 0 Å². The van der Waals surface area contributed by atoms with Crippen molar-refractivity contribution in [1.82, 2.24) is 24.9 Å². The van der Waals surface area contributed by atoms with E-state index >= 15 is 0 Å². The molecule has 8 nitrogen and oxygen atoms in total. The number of piperazine rings is 1. The highest BCUT2D eigenvalue weighted by atomic mass is 16.5. The van der Waals surface area contributed by atoms with Crippen molar-refractivity contribution in [3.8, 4) is 11.4 Å². The van der Waals surface area contributed by atoms with Crippen molar-refractivity contribution in [2.45, 2.75) is 32.6 Å². The molecule has 0 radical (unpaired) electrons. The fourth-order valence-corrected chi connectivity index (χ4v) is 3.37. The van der Waals surface area contributed by atoms with E-state index in [4.69, 9.17) is 4.52 Å². The number of nitrogens with zero attached hydrogens (tertiary/aromatic N) is 6. The van der Waals surface area contributed by atoms with Gasteiger partial charge in [0, 0.05) is 56.9 Å². The molecule has 2 amide bonds. The van der Waals surface area contributed by atoms with E-state index in [1.165, 1.54) is 0 Å². The van der Waals surface area contributed by atoms with Crippen LogP contribution >= 0.6 is 0 Å². The van der Waals surface area contributed by atoms with Crippen LogP contribution in [0.1, 0.15) is 38.5 Å². The number of anilines is 1. The van der Waals surface area contributed by atoms with Gasteiger partial charge in [0.15, 0.2) is 0 Å². The van der Waals surface area contributed by atoms with Crippen LogP contribution in [0.5, 0.6) is 0 Å². The quantitative estimate of drug-likeness (QED) is 0.805. The zero-order chi connectivity index (χ0) is 18.8. The number of hydrogen-bond acceptors (Lipinski definition) is 6. The molecule has 144 valence electrons. The van der Waals surface area contributed by atoms with Crippen molar-refractivity contribution < 1.29 is 9.32 Å². The Morgan fingerprint density at radius 3 is 2.52 bits per heavy atom. The van der Waals surface area contributed by atoms with Gasteiger partial charge in [-0.25, -0.2) is 9.78 Å². The first kappa shape index (κ1) is 17.8. The second-order valence-corrected chi connectivity index (χ2v) is 7.06. The predicted molar refractivity (Wildman–Crippen MR) is 102 cm³/mol. The van der Waals surface area contributed by atoms with E-state index in [2.05, 4.69) is 20.0 Å². The van der Waals surface area contributed by atoms with Gasteiger partial charge in [0.05, 0.1) is 0 Å². The maximum Gasteiger partial charge on any atom is 0.320 e. The Balaban J connectivity index is 1.36. The Hall–Kier alpha value is -2.64. The third kappa shape index (κ3) is 3.74. The maximum atomic E-state index is 12.5. The molecule has 4 rings (SSSR count). The summed E-state index contributed by atoms with van der Waals surface area (Å²) in [7, 11) is 0. The van der Waals surface area contributed by atoms with Crippen LogP contribution in [0.25, 0.3) is 11.4 Å². The lowest BCUT2D eigenvalue weighted by atomic mass is 10.2. The average Bonchev–Trinajstić information content (AvgIpc) is 3.46. The minimum absolute atomic E-state index is 0.131. The lowest BCUT2D eigenvalue weighted by Gasteiger charge is -2.37. The molecule has 1 aliphatic heterocycles. The predicted octanol–water partition coefficient (Wildman–Crippen LogP) is 2.59. The number of aromatic nitrogens is 3. The monoisotopic (exact) mass is 370 g/mol. The van der Waals surface area contributed by atoms with Crippen LogP contribution in [-0.4, -0.2) is 70.2 Å². The highest BCUT2D eigenvalue weighted by molar-refractivity contribution is 5.74. The Bertz CT molecular complexity index is 774. The smallest absolute Gasteiger partial charge is 0.320 e. The molecular formula is C19H26N6O2. The molecule has 1 saturated heterocycles. The molecule has 2 fully saturated rings. The zero-order valence-corrected chi connectivity index (χ0v) is 16.0. The van der Waals surface area contributed by atoms with Crippen molar-refractivity contribution in [1.29, 1.82) is 0 Å². The van der Waals surface area contributed by atoms with E-state index in [0.29, 0.717) is 24.8 Å². The Morgan fingerprint density at radius 2 is 1.93 bits per heavy atom. The summed E-state index contributed by atoms with van der Waals surface area (Å²) in [4.78, 5) is 27.5. The molecule has 1 aliphatic carbocycles. The van der Waals surface area contributed by atoms with Crippen LogP contribution in [0, 0.1) is 0 Å². The normalized spacial score (nSPS) is 17.3. The van der Waals surface area contributed by atoms with Crippen LogP contribution in [0.15, 0.2) is 22.9 Å². The molecule has 2 aromatic heterocycles. The zero-order valence-electron chi connectivity index (χ0n) is 16.0. The first-order valence-corrected chi connectivity index (χ1v) is 9.78. The van der Waals surface area contributed by atoms with E-state index in [0.717, 1.165) is 56.3 Å². The molecule has 3 heterocycles. The molecular weight excluding hydrogens is 344 g/mol. The van der Waals surface area contributed by atoms with Gasteiger partial charge in [0.1, 0.15) is 5.82 Å². The standard InChI is InChI=1S/C19H26N6O2/c1-3-23(4-2)19(26)25-11-9-24(10-12-25)16-8-7-15(13-20-16)17-21-18(27-22-17)14-5-6-14/h7-8,13-14H,3-6,9-12H2,1-2H3. The van der Waals surface area contributed by atoms with Gasteiger partial charge in [-0.1, -0.05) is 5.16 Å². The molecule has 0 atom stereocenters. The topological polar surface area (TPSA) is 78.6 Å². The lowest BCUT2D eigenvalue weighted by Crippen LogP contribution is -2.53. The molecule has 0 spiro atoms. The second-order valence-electron chi connectivity index (χ2n) is 7.06. The van der Waals surface area contributed by atoms with Crippen molar-refractivity contribution in [2.24, 2.45) is 0 Å². The van der Waals surface area contributed by atoms with Crippen molar-refractivity contribution in [3.05, 3.63) is 24.2 Å². The SMILES string of the molecule is CCN(CC)C(=O)N1CCN(c2ccc(-c3noc(C4CC4)n3)cn2)CC1. The number of amides is 2. The van der Waals surface area contributed by atoms with Gasteiger partial charge in [-0.3, -0.25) is 0 Å². The van der Waals surface area contributed by atoms with Gasteiger partial charge in [0.25, 0.3) is 0 Å². The van der Waals surface area contributed by atoms with Crippen LogP contribution in [0.4, 0.5) is 10.6 Å². The highest BCUT2D eigenvalue weighted by Crippen LogP contribution is 2.39. The minimum atomic E-state index is 0.131. The lowest BCUT2D eigenvalue weighted by molar-refractivity contribution is 0.154. The first-order valence-electron chi connectivity index (χ1n) is 9.78. The number of carbonyl (C=O) groups is 1. The summed E-state index contributed by atoms with van der Waals surface area (Å²) in [6, 6.07) is 4.10. The van der Waals surface area contributed by atoms with Gasteiger partial charge in [-0.05, 0) is 38.8 Å². The molecule has 0 bridgehead atoms. The van der Waals surface area contributed by atoms with Gasteiger partial charge in [0.2, 0.25) is 11.7 Å². The fourth-order valence-electron chi connectivity index (χ4n) is 3.37. The van der Waals surface area contributed by atoms with Crippen LogP contribution in [0.2, 0.25) is 0 Å². The second kappa shape index (κ2) is 7.54. The van der Waals surface area contributed by atoms with Gasteiger partial charge in [-0.2, -0.15) is 4.98 Å². The summed E-state index contributed by atoms with van der Waals surface area (Å²) in [5.41, 5.74) is 0.866. The molecule has 0 unspecified atom stereocenters. The first-order chi connectivity index (χ1) is 13.2. The van der Waals surface area contributed by atoms with Crippen molar-refractivity contribution in [2.75, 3.05) is 44.2 Å². The molecule has 2 aliphatic rings. The number of urea groups is 1. The molecule has 8 heteroatoms. The van der Waals surface area contributed by atoms with Gasteiger partial charge >= 0.3 is 6.03 Å². The third-order valence-electron chi connectivity index (χ3n) is 5.28. The van der Waals surface area contributed by atoms with Crippen molar-refractivity contribution >= 4 is 11.8 Å².